The van der Waals surface area contributed by atoms with Crippen LogP contribution in [-0.2, 0) is 6.42 Å². The van der Waals surface area contributed by atoms with Gasteiger partial charge in [0.1, 0.15) is 0 Å². The molecule has 0 unspecified atom stereocenters. The summed E-state index contributed by atoms with van der Waals surface area (Å²) in [7, 11) is 0. The van der Waals surface area contributed by atoms with Crippen LogP contribution in [0.2, 0.25) is 0 Å². The van der Waals surface area contributed by atoms with E-state index < -0.39 is 5.97 Å². The first kappa shape index (κ1) is 17.3. The third-order valence-electron chi connectivity index (χ3n) is 3.33. The van der Waals surface area contributed by atoms with Crippen molar-refractivity contribution in [2.45, 2.75) is 20.3 Å². The van der Waals surface area contributed by atoms with E-state index in [0.29, 0.717) is 12.2 Å². The van der Waals surface area contributed by atoms with Gasteiger partial charge in [-0.15, -0.1) is 0 Å². The third kappa shape index (κ3) is 4.49. The fraction of sp³-hybridized carbons (Fsp3) is 0.150. The molecule has 0 atom stereocenters. The first-order valence-corrected chi connectivity index (χ1v) is 7.92. The van der Waals surface area contributed by atoms with Gasteiger partial charge in [0.2, 0.25) is 0 Å². The maximum absolute atomic E-state index is 10.9. The lowest BCUT2D eigenvalue weighted by Gasteiger charge is -2.05. The Balaban J connectivity index is 0.00000100. The van der Waals surface area contributed by atoms with Crippen LogP contribution in [0.3, 0.4) is 0 Å². The summed E-state index contributed by atoms with van der Waals surface area (Å²) < 4.78 is 0. The quantitative estimate of drug-likeness (QED) is 0.771. The number of carboxylic acid groups (broad SMARTS) is 1. The lowest BCUT2D eigenvalue weighted by Crippen LogP contribution is -1.98. The van der Waals surface area contributed by atoms with Gasteiger partial charge < -0.3 is 5.11 Å². The van der Waals surface area contributed by atoms with Crippen LogP contribution in [0.5, 0.6) is 0 Å². The van der Waals surface area contributed by atoms with Crippen molar-refractivity contribution in [2.24, 2.45) is 0 Å². The molecule has 0 radical (unpaired) electrons. The van der Waals surface area contributed by atoms with Crippen molar-refractivity contribution < 1.29 is 9.90 Å². The molecule has 0 aliphatic heterocycles. The smallest absolute Gasteiger partial charge is 0.335 e. The van der Waals surface area contributed by atoms with Crippen molar-refractivity contribution >= 4 is 5.97 Å². The highest BCUT2D eigenvalue weighted by Crippen LogP contribution is 2.15. The summed E-state index contributed by atoms with van der Waals surface area (Å²) in [4.78, 5) is 19.7. The highest BCUT2D eigenvalue weighted by molar-refractivity contribution is 5.87. The molecule has 0 fully saturated rings. The molecule has 0 amide bonds. The second-order valence-electron chi connectivity index (χ2n) is 4.92. The van der Waals surface area contributed by atoms with Crippen LogP contribution in [0.15, 0.2) is 66.9 Å². The van der Waals surface area contributed by atoms with Crippen molar-refractivity contribution in [1.82, 2.24) is 9.97 Å². The molecule has 1 heterocycles. The predicted octanol–water partition coefficient (Wildman–Crippen LogP) is 4.46. The zero-order chi connectivity index (χ0) is 17.4. The monoisotopic (exact) mass is 320 g/mol. The van der Waals surface area contributed by atoms with Crippen LogP contribution in [0.25, 0.3) is 11.4 Å². The zero-order valence-electron chi connectivity index (χ0n) is 13.8. The predicted molar refractivity (Wildman–Crippen MR) is 95.0 cm³/mol. The van der Waals surface area contributed by atoms with Crippen LogP contribution >= 0.6 is 0 Å². The highest BCUT2D eigenvalue weighted by Gasteiger charge is 2.05. The molecule has 3 aromatic rings. The minimum absolute atomic E-state index is 0.288. The SMILES string of the molecule is CC.O=C(O)c1ccc(Cc2ccnc(-c3ccccc3)n2)cc1. The van der Waals surface area contributed by atoms with E-state index in [1.165, 1.54) is 0 Å². The normalized spacial score (nSPS) is 9.75. The van der Waals surface area contributed by atoms with E-state index in [1.807, 2.05) is 62.4 Å². The van der Waals surface area contributed by atoms with Gasteiger partial charge in [-0.25, -0.2) is 14.8 Å². The largest absolute Gasteiger partial charge is 0.478 e. The summed E-state index contributed by atoms with van der Waals surface area (Å²) in [6.45, 7) is 4.00. The molecule has 1 N–H and O–H groups in total. The second-order valence-corrected chi connectivity index (χ2v) is 4.92. The number of nitrogens with zero attached hydrogens (tertiary/aromatic N) is 2. The number of aromatic carboxylic acids is 1. The summed E-state index contributed by atoms with van der Waals surface area (Å²) in [6.07, 6.45) is 2.39. The first-order valence-electron chi connectivity index (χ1n) is 7.92. The molecule has 122 valence electrons. The Morgan fingerprint density at radius 3 is 2.25 bits per heavy atom. The maximum atomic E-state index is 10.9. The molecule has 24 heavy (non-hydrogen) atoms. The molecule has 0 saturated heterocycles. The molecule has 0 aliphatic rings. The Bertz CT molecular complexity index is 784. The first-order chi connectivity index (χ1) is 11.7. The van der Waals surface area contributed by atoms with Gasteiger partial charge in [0.15, 0.2) is 5.82 Å². The number of hydrogen-bond donors (Lipinski definition) is 1. The molecule has 4 heteroatoms. The molecular formula is C20H20N2O2. The van der Waals surface area contributed by atoms with E-state index >= 15 is 0 Å². The van der Waals surface area contributed by atoms with Gasteiger partial charge in [0.25, 0.3) is 0 Å². The Kier molecular flexibility index (Phi) is 6.20. The zero-order valence-corrected chi connectivity index (χ0v) is 13.8. The Hall–Kier alpha value is -3.01. The van der Waals surface area contributed by atoms with Gasteiger partial charge in [-0.1, -0.05) is 56.3 Å². The fourth-order valence-corrected chi connectivity index (χ4v) is 2.20. The molecule has 0 saturated carbocycles. The summed E-state index contributed by atoms with van der Waals surface area (Å²) in [6, 6.07) is 18.5. The van der Waals surface area contributed by atoms with Gasteiger partial charge in [0.05, 0.1) is 5.56 Å². The maximum Gasteiger partial charge on any atom is 0.335 e. The van der Waals surface area contributed by atoms with E-state index in [1.54, 1.807) is 18.3 Å². The van der Waals surface area contributed by atoms with Gasteiger partial charge >= 0.3 is 5.97 Å². The minimum atomic E-state index is -0.917. The topological polar surface area (TPSA) is 63.1 Å². The van der Waals surface area contributed by atoms with Crippen molar-refractivity contribution in [1.29, 1.82) is 0 Å². The molecule has 4 nitrogen and oxygen atoms in total. The Morgan fingerprint density at radius 1 is 0.958 bits per heavy atom. The molecule has 3 rings (SSSR count). The summed E-state index contributed by atoms with van der Waals surface area (Å²) in [5.41, 5.74) is 3.18. The molecule has 1 aromatic heterocycles. The number of hydrogen-bond acceptors (Lipinski definition) is 3. The van der Waals surface area contributed by atoms with Crippen molar-refractivity contribution in [3.8, 4) is 11.4 Å². The van der Waals surface area contributed by atoms with Crippen LogP contribution in [-0.4, -0.2) is 21.0 Å². The van der Waals surface area contributed by atoms with Gasteiger partial charge in [0, 0.05) is 23.9 Å². The van der Waals surface area contributed by atoms with E-state index in [-0.39, 0.29) is 5.56 Å². The molecule has 0 spiro atoms. The molecule has 0 aliphatic carbocycles. The van der Waals surface area contributed by atoms with Gasteiger partial charge in [-0.05, 0) is 23.8 Å². The molecule has 0 bridgehead atoms. The highest BCUT2D eigenvalue weighted by atomic mass is 16.4. The summed E-state index contributed by atoms with van der Waals surface area (Å²) >= 11 is 0. The third-order valence-corrected chi connectivity index (χ3v) is 3.33. The number of rotatable bonds is 4. The lowest BCUT2D eigenvalue weighted by molar-refractivity contribution is 0.0697. The minimum Gasteiger partial charge on any atom is -0.478 e. The number of carboxylic acids is 1. The van der Waals surface area contributed by atoms with E-state index in [4.69, 9.17) is 5.11 Å². The van der Waals surface area contributed by atoms with Gasteiger partial charge in [-0.2, -0.15) is 0 Å². The summed E-state index contributed by atoms with van der Waals surface area (Å²) in [5.74, 6) is -0.222. The van der Waals surface area contributed by atoms with Crippen LogP contribution in [0.4, 0.5) is 0 Å². The van der Waals surface area contributed by atoms with Crippen molar-refractivity contribution in [3.05, 3.63) is 83.7 Å². The van der Waals surface area contributed by atoms with Crippen LogP contribution < -0.4 is 0 Å². The average molecular weight is 320 g/mol. The number of aromatic nitrogens is 2. The van der Waals surface area contributed by atoms with Crippen LogP contribution in [0, 0.1) is 0 Å². The number of benzene rings is 2. The van der Waals surface area contributed by atoms with E-state index in [2.05, 4.69) is 9.97 Å². The van der Waals surface area contributed by atoms with E-state index in [0.717, 1.165) is 16.8 Å². The number of carbonyl (C=O) groups is 1. The molecular weight excluding hydrogens is 300 g/mol. The van der Waals surface area contributed by atoms with Crippen LogP contribution in [0.1, 0.15) is 35.5 Å². The standard InChI is InChI=1S/C18H14N2O2.C2H6/c21-18(22)15-8-6-13(7-9-15)12-16-10-11-19-17(20-16)14-4-2-1-3-5-14;1-2/h1-11H,12H2,(H,21,22);1-2H3. The molecule has 2 aromatic carbocycles. The lowest BCUT2D eigenvalue weighted by atomic mass is 10.1. The second kappa shape index (κ2) is 8.58. The summed E-state index contributed by atoms with van der Waals surface area (Å²) in [5, 5.41) is 8.91. The average Bonchev–Trinajstić information content (AvgIpc) is 2.65. The van der Waals surface area contributed by atoms with Crippen molar-refractivity contribution in [3.63, 3.8) is 0 Å². The Morgan fingerprint density at radius 2 is 1.62 bits per heavy atom. The fourth-order valence-electron chi connectivity index (χ4n) is 2.20. The Labute approximate surface area is 141 Å². The van der Waals surface area contributed by atoms with Crippen molar-refractivity contribution in [2.75, 3.05) is 0 Å². The van der Waals surface area contributed by atoms with Gasteiger partial charge in [-0.3, -0.25) is 0 Å². The van der Waals surface area contributed by atoms with E-state index in [9.17, 15) is 4.79 Å².